The zero-order chi connectivity index (χ0) is 32.5. The lowest BCUT2D eigenvalue weighted by molar-refractivity contribution is -0.142. The number of hydrogen-bond donors (Lipinski definition) is 10. The number of hydrogen-bond acceptors (Lipinski definition) is 8. The topological polar surface area (TPSA) is 300 Å². The van der Waals surface area contributed by atoms with Crippen LogP contribution in [0.2, 0.25) is 0 Å². The van der Waals surface area contributed by atoms with E-state index in [4.69, 9.17) is 28.7 Å². The summed E-state index contributed by atoms with van der Waals surface area (Å²) in [6.07, 6.45) is 1.22. The number of benzene rings is 1. The first kappa shape index (κ1) is 36.4. The fourth-order valence-electron chi connectivity index (χ4n) is 4.02. The fraction of sp³-hybridized carbons (Fsp3) is 0.556. The molecule has 240 valence electrons. The van der Waals surface area contributed by atoms with Crippen LogP contribution in [0, 0.1) is 5.92 Å². The minimum absolute atomic E-state index is 0.00912. The molecule has 4 unspecified atom stereocenters. The van der Waals surface area contributed by atoms with Crippen molar-refractivity contribution in [2.45, 2.75) is 76.5 Å². The van der Waals surface area contributed by atoms with Gasteiger partial charge in [0.2, 0.25) is 17.7 Å². The van der Waals surface area contributed by atoms with Crippen molar-refractivity contribution in [2.24, 2.45) is 44.6 Å². The predicted octanol–water partition coefficient (Wildman–Crippen LogP) is -2.05. The Morgan fingerprint density at radius 3 is 1.77 bits per heavy atom. The highest BCUT2D eigenvalue weighted by molar-refractivity contribution is 5.94. The number of phenols is 1. The van der Waals surface area contributed by atoms with Crippen LogP contribution in [0.4, 0.5) is 0 Å². The summed E-state index contributed by atoms with van der Waals surface area (Å²) in [5, 5.41) is 27.0. The lowest BCUT2D eigenvalue weighted by Crippen LogP contribution is -2.57. The number of aliphatic imine (C=N–C) groups is 2. The van der Waals surface area contributed by atoms with Gasteiger partial charge in [-0.15, -0.1) is 0 Å². The summed E-state index contributed by atoms with van der Waals surface area (Å²) >= 11 is 0. The van der Waals surface area contributed by atoms with Crippen molar-refractivity contribution >= 4 is 35.6 Å². The summed E-state index contributed by atoms with van der Waals surface area (Å²) in [7, 11) is 0. The molecular weight excluding hydrogens is 560 g/mol. The van der Waals surface area contributed by atoms with Gasteiger partial charge in [-0.05, 0) is 55.7 Å². The van der Waals surface area contributed by atoms with E-state index in [0.717, 1.165) is 0 Å². The SMILES string of the molecule is CC(C)CC(NC(=O)C(Cc1ccc(O)cc1)NC(=O)C(CCCN=C(N)N)NC(=O)C(N)CCCN=C(N)N)C(=O)O. The average molecular weight is 607 g/mol. The van der Waals surface area contributed by atoms with Crippen LogP contribution in [0.5, 0.6) is 5.75 Å². The number of carbonyl (C=O) groups is 4. The molecule has 15 N–H and O–H groups in total. The van der Waals surface area contributed by atoms with Gasteiger partial charge in [-0.25, -0.2) is 4.79 Å². The molecule has 0 saturated heterocycles. The Morgan fingerprint density at radius 1 is 0.767 bits per heavy atom. The molecule has 0 aliphatic heterocycles. The molecule has 1 rings (SSSR count). The van der Waals surface area contributed by atoms with E-state index in [1.54, 1.807) is 12.1 Å². The van der Waals surface area contributed by atoms with Crippen molar-refractivity contribution in [2.75, 3.05) is 13.1 Å². The van der Waals surface area contributed by atoms with Crippen LogP contribution in [-0.4, -0.2) is 83.1 Å². The molecule has 0 bridgehead atoms. The van der Waals surface area contributed by atoms with Crippen molar-refractivity contribution in [3.05, 3.63) is 29.8 Å². The zero-order valence-corrected chi connectivity index (χ0v) is 24.7. The number of carbonyl (C=O) groups excluding carboxylic acids is 3. The van der Waals surface area contributed by atoms with Gasteiger partial charge in [0.05, 0.1) is 6.04 Å². The van der Waals surface area contributed by atoms with Crippen molar-refractivity contribution in [1.29, 1.82) is 0 Å². The van der Waals surface area contributed by atoms with Gasteiger partial charge in [0.15, 0.2) is 11.9 Å². The Labute approximate surface area is 250 Å². The monoisotopic (exact) mass is 606 g/mol. The van der Waals surface area contributed by atoms with Gasteiger partial charge in [0.25, 0.3) is 0 Å². The van der Waals surface area contributed by atoms with Crippen LogP contribution in [0.15, 0.2) is 34.3 Å². The second kappa shape index (κ2) is 18.8. The van der Waals surface area contributed by atoms with Gasteiger partial charge in [0, 0.05) is 19.5 Å². The van der Waals surface area contributed by atoms with Gasteiger partial charge >= 0.3 is 5.97 Å². The molecule has 1 aromatic rings. The maximum atomic E-state index is 13.5. The summed E-state index contributed by atoms with van der Waals surface area (Å²) < 4.78 is 0. The Balaban J connectivity index is 3.16. The normalized spacial score (nSPS) is 13.6. The molecule has 0 aromatic heterocycles. The van der Waals surface area contributed by atoms with Crippen molar-refractivity contribution in [3.8, 4) is 5.75 Å². The van der Waals surface area contributed by atoms with Crippen LogP contribution in [0.1, 0.15) is 51.5 Å². The second-order valence-electron chi connectivity index (χ2n) is 10.5. The number of carboxylic acids is 1. The Hall–Kier alpha value is -4.60. The number of aliphatic carboxylic acids is 1. The molecule has 0 aliphatic rings. The summed E-state index contributed by atoms with van der Waals surface area (Å²) in [5.41, 5.74) is 28.0. The first-order chi connectivity index (χ1) is 20.2. The molecule has 3 amide bonds. The minimum atomic E-state index is -1.21. The van der Waals surface area contributed by atoms with Crippen LogP contribution in [0.3, 0.4) is 0 Å². The van der Waals surface area contributed by atoms with Crippen molar-refractivity contribution < 1.29 is 29.4 Å². The van der Waals surface area contributed by atoms with E-state index in [2.05, 4.69) is 25.9 Å². The molecule has 0 spiro atoms. The molecule has 0 fully saturated rings. The molecule has 0 heterocycles. The predicted molar refractivity (Wildman–Crippen MR) is 162 cm³/mol. The third kappa shape index (κ3) is 15.3. The van der Waals surface area contributed by atoms with E-state index in [1.165, 1.54) is 12.1 Å². The first-order valence-corrected chi connectivity index (χ1v) is 14.0. The average Bonchev–Trinajstić information content (AvgIpc) is 2.92. The number of nitrogens with two attached hydrogens (primary N) is 5. The van der Waals surface area contributed by atoms with Gasteiger partial charge in [0.1, 0.15) is 23.9 Å². The van der Waals surface area contributed by atoms with Crippen LogP contribution >= 0.6 is 0 Å². The van der Waals surface area contributed by atoms with Crippen molar-refractivity contribution in [3.63, 3.8) is 0 Å². The molecule has 1 aromatic carbocycles. The van der Waals surface area contributed by atoms with Crippen molar-refractivity contribution in [1.82, 2.24) is 16.0 Å². The summed E-state index contributed by atoms with van der Waals surface area (Å²) in [6, 6.07) is 1.51. The molecule has 4 atom stereocenters. The van der Waals surface area contributed by atoms with E-state index in [-0.39, 0.29) is 62.4 Å². The van der Waals surface area contributed by atoms with Gasteiger partial charge in [-0.2, -0.15) is 0 Å². The van der Waals surface area contributed by atoms with Gasteiger partial charge in [-0.3, -0.25) is 24.4 Å². The Kier molecular flexibility index (Phi) is 15.9. The highest BCUT2D eigenvalue weighted by Gasteiger charge is 2.30. The number of phenolic OH excluding ortho intramolecular Hbond substituents is 1. The van der Waals surface area contributed by atoms with E-state index >= 15 is 0 Å². The van der Waals surface area contributed by atoms with E-state index in [1.807, 2.05) is 13.8 Å². The number of carboxylic acid groups (broad SMARTS) is 1. The highest BCUT2D eigenvalue weighted by atomic mass is 16.4. The zero-order valence-electron chi connectivity index (χ0n) is 24.7. The number of guanidine groups is 2. The number of aromatic hydroxyl groups is 1. The largest absolute Gasteiger partial charge is 0.508 e. The molecule has 0 radical (unpaired) electrons. The first-order valence-electron chi connectivity index (χ1n) is 14.0. The molecule has 0 saturated carbocycles. The minimum Gasteiger partial charge on any atom is -0.508 e. The molecule has 0 aliphatic carbocycles. The van der Waals surface area contributed by atoms with E-state index in [0.29, 0.717) is 18.4 Å². The maximum absolute atomic E-state index is 13.5. The van der Waals surface area contributed by atoms with Gasteiger partial charge in [-0.1, -0.05) is 26.0 Å². The van der Waals surface area contributed by atoms with Crippen LogP contribution < -0.4 is 44.6 Å². The smallest absolute Gasteiger partial charge is 0.326 e. The third-order valence-corrected chi connectivity index (χ3v) is 6.21. The summed E-state index contributed by atoms with van der Waals surface area (Å²) in [5.74, 6) is -3.47. The molecular formula is C27H46N10O6. The van der Waals surface area contributed by atoms with Crippen LogP contribution in [-0.2, 0) is 25.6 Å². The van der Waals surface area contributed by atoms with E-state index in [9.17, 15) is 29.4 Å². The second-order valence-corrected chi connectivity index (χ2v) is 10.5. The lowest BCUT2D eigenvalue weighted by Gasteiger charge is -2.26. The quantitative estimate of drug-likeness (QED) is 0.0464. The Bertz CT molecular complexity index is 1120. The standard InChI is InChI=1S/C27H46N10O6/c1-15(2)13-21(25(42)43)37-24(41)20(14-16-7-9-17(38)10-8-16)36-23(40)19(6-4-12-34-27(31)32)35-22(39)18(28)5-3-11-33-26(29)30/h7-10,15,18-21,38H,3-6,11-14,28H2,1-2H3,(H,35,39)(H,36,40)(H,37,41)(H,42,43)(H4,29,30,33)(H4,31,32,34). The molecule has 16 heteroatoms. The highest BCUT2D eigenvalue weighted by Crippen LogP contribution is 2.13. The number of nitrogens with one attached hydrogen (secondary N) is 3. The number of amides is 3. The summed E-state index contributed by atoms with van der Waals surface area (Å²) in [6.45, 7) is 4.09. The number of rotatable bonds is 19. The third-order valence-electron chi connectivity index (χ3n) is 6.21. The fourth-order valence-corrected chi connectivity index (χ4v) is 4.02. The lowest BCUT2D eigenvalue weighted by atomic mass is 10.0. The summed E-state index contributed by atoms with van der Waals surface area (Å²) in [4.78, 5) is 59.2. The van der Waals surface area contributed by atoms with E-state index < -0.39 is 47.9 Å². The Morgan fingerprint density at radius 2 is 1.26 bits per heavy atom. The molecule has 43 heavy (non-hydrogen) atoms. The van der Waals surface area contributed by atoms with Gasteiger partial charge < -0.3 is 54.8 Å². The molecule has 16 nitrogen and oxygen atoms in total. The maximum Gasteiger partial charge on any atom is 0.326 e. The number of nitrogens with zero attached hydrogens (tertiary/aromatic N) is 2. The van der Waals surface area contributed by atoms with Crippen LogP contribution in [0.25, 0.3) is 0 Å².